The van der Waals surface area contributed by atoms with Crippen LogP contribution in [-0.2, 0) is 4.74 Å². The number of ether oxygens (including phenoxy) is 2. The van der Waals surface area contributed by atoms with Crippen LogP contribution in [0.1, 0.15) is 50.9 Å². The zero-order valence-electron chi connectivity index (χ0n) is 21.4. The van der Waals surface area contributed by atoms with Crippen LogP contribution in [0.15, 0.2) is 16.5 Å². The highest BCUT2D eigenvalue weighted by molar-refractivity contribution is 5.88. The molecule has 3 N–H and O–H groups in total. The largest absolute Gasteiger partial charge is 0.475 e. The van der Waals surface area contributed by atoms with Crippen molar-refractivity contribution < 1.29 is 19.0 Å². The molecule has 0 aliphatic heterocycles. The first-order valence-electron chi connectivity index (χ1n) is 12.5. The van der Waals surface area contributed by atoms with Gasteiger partial charge in [-0.15, -0.1) is 0 Å². The van der Waals surface area contributed by atoms with E-state index in [1.165, 1.54) is 0 Å². The van der Waals surface area contributed by atoms with Crippen LogP contribution in [0, 0.1) is 19.8 Å². The van der Waals surface area contributed by atoms with Crippen LogP contribution in [0.25, 0.3) is 22.3 Å². The molecule has 1 aliphatic carbocycles. The van der Waals surface area contributed by atoms with Crippen molar-refractivity contribution in [3.8, 4) is 17.2 Å². The topological polar surface area (TPSA) is 115 Å². The Morgan fingerprint density at radius 3 is 2.71 bits per heavy atom. The summed E-state index contributed by atoms with van der Waals surface area (Å²) in [5, 5.41) is 17.4. The van der Waals surface area contributed by atoms with E-state index in [-0.39, 0.29) is 18.8 Å². The number of aryl methyl sites for hydroxylation is 2. The summed E-state index contributed by atoms with van der Waals surface area (Å²) in [5.41, 5.74) is 3.14. The van der Waals surface area contributed by atoms with E-state index in [0.717, 1.165) is 59.4 Å². The molecule has 0 spiro atoms. The van der Waals surface area contributed by atoms with Gasteiger partial charge in [-0.25, -0.2) is 9.97 Å². The molecule has 3 unspecified atom stereocenters. The molecule has 1 fully saturated rings. The number of hydrogen-bond donors (Lipinski definition) is 3. The van der Waals surface area contributed by atoms with E-state index in [1.54, 1.807) is 7.11 Å². The third kappa shape index (κ3) is 5.85. The minimum absolute atomic E-state index is 0.0875. The molecular formula is C26H37N5O4. The Balaban J connectivity index is 1.72. The van der Waals surface area contributed by atoms with Gasteiger partial charge in [0.15, 0.2) is 5.58 Å². The van der Waals surface area contributed by atoms with E-state index in [1.807, 2.05) is 32.9 Å². The molecule has 4 rings (SSSR count). The van der Waals surface area contributed by atoms with E-state index in [0.29, 0.717) is 36.7 Å². The molecular weight excluding hydrogens is 446 g/mol. The van der Waals surface area contributed by atoms with E-state index in [4.69, 9.17) is 23.9 Å². The van der Waals surface area contributed by atoms with Crippen LogP contribution >= 0.6 is 0 Å². The molecule has 3 heterocycles. The summed E-state index contributed by atoms with van der Waals surface area (Å²) in [6.45, 7) is 9.40. The van der Waals surface area contributed by atoms with Gasteiger partial charge in [-0.3, -0.25) is 0 Å². The van der Waals surface area contributed by atoms with Crippen molar-refractivity contribution in [3.63, 3.8) is 0 Å². The lowest BCUT2D eigenvalue weighted by Crippen LogP contribution is -2.19. The molecule has 0 aromatic carbocycles. The fourth-order valence-electron chi connectivity index (χ4n) is 4.53. The summed E-state index contributed by atoms with van der Waals surface area (Å²) in [4.78, 5) is 14.1. The molecule has 1 aliphatic rings. The van der Waals surface area contributed by atoms with Crippen LogP contribution in [0.3, 0.4) is 0 Å². The lowest BCUT2D eigenvalue weighted by Gasteiger charge is -2.18. The maximum atomic E-state index is 9.58. The van der Waals surface area contributed by atoms with Crippen molar-refractivity contribution in [3.05, 3.63) is 23.5 Å². The van der Waals surface area contributed by atoms with Gasteiger partial charge in [0, 0.05) is 37.8 Å². The number of methoxy groups -OCH3 is 1. The van der Waals surface area contributed by atoms with Crippen LogP contribution < -0.4 is 15.4 Å². The molecule has 1 saturated carbocycles. The quantitative estimate of drug-likeness (QED) is 0.334. The standard InChI is InChI=1S/C26H37N5O4/c1-6-15(2)34-22-13-19-12-21(35-24(19)17(4)28-22)23-16(3)29-26(27-9-10-33-5)31-25(23)30-20-8-7-18(11-20)14-32/h12-13,15,18,20,32H,6-11,14H2,1-5H3,(H2,27,29,30,31). The first-order valence-corrected chi connectivity index (χ1v) is 12.5. The van der Waals surface area contributed by atoms with Gasteiger partial charge in [-0.05, 0) is 58.4 Å². The molecule has 35 heavy (non-hydrogen) atoms. The molecule has 190 valence electrons. The van der Waals surface area contributed by atoms with Gasteiger partial charge in [0.25, 0.3) is 0 Å². The second kappa shape index (κ2) is 11.2. The zero-order chi connectivity index (χ0) is 24.9. The number of furan rings is 1. The van der Waals surface area contributed by atoms with Crippen LogP contribution in [0.2, 0.25) is 0 Å². The smallest absolute Gasteiger partial charge is 0.224 e. The molecule has 0 amide bonds. The van der Waals surface area contributed by atoms with E-state index in [2.05, 4.69) is 22.5 Å². The van der Waals surface area contributed by atoms with Crippen molar-refractivity contribution in [2.24, 2.45) is 5.92 Å². The average molecular weight is 484 g/mol. The van der Waals surface area contributed by atoms with Crippen molar-refractivity contribution in [2.45, 2.75) is 65.5 Å². The van der Waals surface area contributed by atoms with Gasteiger partial charge >= 0.3 is 0 Å². The first kappa shape index (κ1) is 25.2. The Kier molecular flexibility index (Phi) is 8.07. The summed E-state index contributed by atoms with van der Waals surface area (Å²) in [5.74, 6) is 2.87. The Morgan fingerprint density at radius 1 is 1.17 bits per heavy atom. The predicted octanol–water partition coefficient (Wildman–Crippen LogP) is 4.71. The summed E-state index contributed by atoms with van der Waals surface area (Å²) in [6, 6.07) is 4.16. The molecule has 3 atom stereocenters. The number of nitrogens with zero attached hydrogens (tertiary/aromatic N) is 3. The fraction of sp³-hybridized carbons (Fsp3) is 0.577. The number of pyridine rings is 1. The maximum absolute atomic E-state index is 9.58. The second-order valence-corrected chi connectivity index (χ2v) is 9.39. The van der Waals surface area contributed by atoms with Crippen molar-refractivity contribution >= 4 is 22.7 Å². The van der Waals surface area contributed by atoms with E-state index in [9.17, 15) is 5.11 Å². The number of rotatable bonds is 11. The summed E-state index contributed by atoms with van der Waals surface area (Å²) < 4.78 is 17.4. The Bertz CT molecular complexity index is 1150. The Hall–Kier alpha value is -2.91. The number of hydrogen-bond acceptors (Lipinski definition) is 9. The van der Waals surface area contributed by atoms with Crippen LogP contribution in [0.5, 0.6) is 5.88 Å². The highest BCUT2D eigenvalue weighted by Gasteiger charge is 2.27. The predicted molar refractivity (Wildman–Crippen MR) is 137 cm³/mol. The third-order valence-corrected chi connectivity index (χ3v) is 6.61. The summed E-state index contributed by atoms with van der Waals surface area (Å²) in [6.07, 6.45) is 3.89. The fourth-order valence-corrected chi connectivity index (χ4v) is 4.53. The zero-order valence-corrected chi connectivity index (χ0v) is 21.4. The first-order chi connectivity index (χ1) is 16.9. The Labute approximate surface area is 206 Å². The average Bonchev–Trinajstić information content (AvgIpc) is 3.46. The summed E-state index contributed by atoms with van der Waals surface area (Å²) >= 11 is 0. The van der Waals surface area contributed by atoms with Gasteiger partial charge in [0.2, 0.25) is 11.8 Å². The SMILES string of the molecule is CCC(C)Oc1cc2cc(-c3c(C)nc(NCCOC)nc3NC3CCC(CO)C3)oc2c(C)n1. The highest BCUT2D eigenvalue weighted by atomic mass is 16.5. The number of aromatic nitrogens is 3. The lowest BCUT2D eigenvalue weighted by atomic mass is 10.1. The van der Waals surface area contributed by atoms with Crippen molar-refractivity contribution in [1.29, 1.82) is 0 Å². The minimum atomic E-state index is 0.0875. The Morgan fingerprint density at radius 2 is 2.00 bits per heavy atom. The van der Waals surface area contributed by atoms with Crippen molar-refractivity contribution in [1.82, 2.24) is 15.0 Å². The molecule has 3 aromatic heterocycles. The molecule has 0 saturated heterocycles. The summed E-state index contributed by atoms with van der Waals surface area (Å²) in [7, 11) is 1.67. The van der Waals surface area contributed by atoms with E-state index >= 15 is 0 Å². The molecule has 0 bridgehead atoms. The minimum Gasteiger partial charge on any atom is -0.475 e. The number of nitrogens with one attached hydrogen (secondary N) is 2. The normalized spacial score (nSPS) is 18.7. The highest BCUT2D eigenvalue weighted by Crippen LogP contribution is 2.38. The van der Waals surface area contributed by atoms with Crippen LogP contribution in [-0.4, -0.2) is 59.1 Å². The monoisotopic (exact) mass is 483 g/mol. The molecule has 9 nitrogen and oxygen atoms in total. The molecule has 9 heteroatoms. The third-order valence-electron chi connectivity index (χ3n) is 6.61. The lowest BCUT2D eigenvalue weighted by molar-refractivity contribution is 0.208. The van der Waals surface area contributed by atoms with E-state index < -0.39 is 0 Å². The molecule has 0 radical (unpaired) electrons. The van der Waals surface area contributed by atoms with Gasteiger partial charge in [0.05, 0.1) is 29.7 Å². The van der Waals surface area contributed by atoms with Gasteiger partial charge in [-0.2, -0.15) is 4.98 Å². The second-order valence-electron chi connectivity index (χ2n) is 9.39. The van der Waals surface area contributed by atoms with Gasteiger partial charge in [0.1, 0.15) is 11.6 Å². The maximum Gasteiger partial charge on any atom is 0.224 e. The number of aliphatic hydroxyl groups excluding tert-OH is 1. The number of fused-ring (bicyclic) bond motifs is 1. The molecule has 3 aromatic rings. The van der Waals surface area contributed by atoms with Crippen molar-refractivity contribution in [2.75, 3.05) is 37.5 Å². The van der Waals surface area contributed by atoms with Crippen LogP contribution in [0.4, 0.5) is 11.8 Å². The van der Waals surface area contributed by atoms with Gasteiger partial charge < -0.3 is 29.6 Å². The number of anilines is 2. The van der Waals surface area contributed by atoms with Gasteiger partial charge in [-0.1, -0.05) is 6.92 Å². The number of aliphatic hydroxyl groups is 1.